The molecule has 0 fully saturated rings. The second-order valence-electron chi connectivity index (χ2n) is 3.59. The minimum absolute atomic E-state index is 0.618. The highest BCUT2D eigenvalue weighted by atomic mass is 79.9. The van der Waals surface area contributed by atoms with Crippen LogP contribution in [0.5, 0.6) is 11.5 Å². The Morgan fingerprint density at radius 1 is 1.17 bits per heavy atom. The number of aldehydes is 1. The van der Waals surface area contributed by atoms with Gasteiger partial charge in [0.15, 0.2) is 0 Å². The molecule has 0 atom stereocenters. The Labute approximate surface area is 118 Å². The summed E-state index contributed by atoms with van der Waals surface area (Å²) in [4.78, 5) is 11.8. The maximum absolute atomic E-state index is 10.6. The van der Waals surface area contributed by atoms with Gasteiger partial charge in [0.25, 0.3) is 0 Å². The monoisotopic (exact) mass is 322 g/mol. The van der Waals surface area contributed by atoms with Gasteiger partial charge in [0, 0.05) is 10.5 Å². The van der Waals surface area contributed by atoms with Gasteiger partial charge >= 0.3 is 0 Å². The molecule has 0 bridgehead atoms. The molecule has 0 aliphatic carbocycles. The van der Waals surface area contributed by atoms with E-state index >= 15 is 0 Å². The summed E-state index contributed by atoms with van der Waals surface area (Å²) in [6.07, 6.45) is 2.84. The van der Waals surface area contributed by atoms with Crippen LogP contribution in [0.25, 0.3) is 0 Å². The number of thioether (sulfide) groups is 1. The molecule has 4 heteroatoms. The summed E-state index contributed by atoms with van der Waals surface area (Å²) in [6.45, 7) is 0. The van der Waals surface area contributed by atoms with E-state index in [2.05, 4.69) is 15.9 Å². The summed E-state index contributed by atoms with van der Waals surface area (Å²) < 4.78 is 6.50. The Kier molecular flexibility index (Phi) is 4.44. The van der Waals surface area contributed by atoms with Crippen molar-refractivity contribution in [1.29, 1.82) is 0 Å². The summed E-state index contributed by atoms with van der Waals surface area (Å²) in [5, 5.41) is 0. The maximum atomic E-state index is 10.6. The predicted octanol–water partition coefficient (Wildman–Crippen LogP) is 4.78. The number of halogens is 1. The molecular weight excluding hydrogens is 312 g/mol. The first-order valence-electron chi connectivity index (χ1n) is 5.29. The van der Waals surface area contributed by atoms with Crippen molar-refractivity contribution in [3.05, 3.63) is 52.5 Å². The Balaban J connectivity index is 2.19. The fourth-order valence-corrected chi connectivity index (χ4v) is 2.33. The van der Waals surface area contributed by atoms with Crippen LogP contribution in [0, 0.1) is 0 Å². The van der Waals surface area contributed by atoms with E-state index in [9.17, 15) is 4.79 Å². The lowest BCUT2D eigenvalue weighted by Crippen LogP contribution is -1.87. The van der Waals surface area contributed by atoms with Crippen LogP contribution in [-0.2, 0) is 0 Å². The standard InChI is InChI=1S/C14H11BrO2S/c1-18-12-5-3-11(4-6-12)17-14-7-2-10(9-16)8-13(14)15/h2-9H,1H3. The maximum Gasteiger partial charge on any atom is 0.150 e. The molecular formula is C14H11BrO2S. The molecule has 2 aromatic carbocycles. The Morgan fingerprint density at radius 2 is 1.89 bits per heavy atom. The Hall–Kier alpha value is -1.26. The molecule has 0 aromatic heterocycles. The molecule has 2 rings (SSSR count). The minimum atomic E-state index is 0.618. The summed E-state index contributed by atoms with van der Waals surface area (Å²) in [5.74, 6) is 1.46. The molecule has 0 amide bonds. The van der Waals surface area contributed by atoms with Crippen LogP contribution in [-0.4, -0.2) is 12.5 Å². The predicted molar refractivity (Wildman–Crippen MR) is 77.8 cm³/mol. The van der Waals surface area contributed by atoms with Gasteiger partial charge in [0.1, 0.15) is 17.8 Å². The van der Waals surface area contributed by atoms with Crippen LogP contribution in [0.2, 0.25) is 0 Å². The number of benzene rings is 2. The second kappa shape index (κ2) is 6.07. The average molecular weight is 323 g/mol. The van der Waals surface area contributed by atoms with Crippen molar-refractivity contribution in [3.8, 4) is 11.5 Å². The third-order valence-corrected chi connectivity index (χ3v) is 3.74. The smallest absolute Gasteiger partial charge is 0.150 e. The minimum Gasteiger partial charge on any atom is -0.456 e. The van der Waals surface area contributed by atoms with Crippen molar-refractivity contribution < 1.29 is 9.53 Å². The van der Waals surface area contributed by atoms with Crippen LogP contribution < -0.4 is 4.74 Å². The van der Waals surface area contributed by atoms with Gasteiger partial charge in [-0.05, 0) is 64.7 Å². The molecule has 0 unspecified atom stereocenters. The average Bonchev–Trinajstić information content (AvgIpc) is 2.42. The zero-order valence-corrected chi connectivity index (χ0v) is 12.1. The number of carbonyl (C=O) groups is 1. The van der Waals surface area contributed by atoms with Gasteiger partial charge in [-0.15, -0.1) is 11.8 Å². The Morgan fingerprint density at radius 3 is 2.44 bits per heavy atom. The first-order valence-corrected chi connectivity index (χ1v) is 7.31. The van der Waals surface area contributed by atoms with Gasteiger partial charge in [0.05, 0.1) is 4.47 Å². The van der Waals surface area contributed by atoms with E-state index in [0.717, 1.165) is 16.5 Å². The van der Waals surface area contributed by atoms with Gasteiger partial charge in [-0.1, -0.05) is 0 Å². The van der Waals surface area contributed by atoms with Crippen molar-refractivity contribution in [3.63, 3.8) is 0 Å². The summed E-state index contributed by atoms with van der Waals surface area (Å²) in [7, 11) is 0. The highest BCUT2D eigenvalue weighted by Crippen LogP contribution is 2.30. The molecule has 0 aliphatic heterocycles. The molecule has 0 saturated carbocycles. The third-order valence-electron chi connectivity index (χ3n) is 2.38. The van der Waals surface area contributed by atoms with E-state index in [1.165, 1.54) is 4.90 Å². The van der Waals surface area contributed by atoms with Crippen molar-refractivity contribution in [1.82, 2.24) is 0 Å². The normalized spacial score (nSPS) is 10.1. The van der Waals surface area contributed by atoms with Crippen molar-refractivity contribution in [2.24, 2.45) is 0 Å². The van der Waals surface area contributed by atoms with Crippen LogP contribution in [0.1, 0.15) is 10.4 Å². The van der Waals surface area contributed by atoms with Gasteiger partial charge < -0.3 is 4.74 Å². The summed E-state index contributed by atoms with van der Waals surface area (Å²) in [5.41, 5.74) is 0.618. The van der Waals surface area contributed by atoms with Gasteiger partial charge in [-0.3, -0.25) is 4.79 Å². The number of rotatable bonds is 4. The molecule has 0 N–H and O–H groups in total. The lowest BCUT2D eigenvalue weighted by atomic mass is 10.2. The van der Waals surface area contributed by atoms with Crippen LogP contribution in [0.3, 0.4) is 0 Å². The highest BCUT2D eigenvalue weighted by Gasteiger charge is 2.04. The molecule has 0 spiro atoms. The number of carbonyl (C=O) groups excluding carboxylic acids is 1. The SMILES string of the molecule is CSc1ccc(Oc2ccc(C=O)cc2Br)cc1. The molecule has 2 aromatic rings. The molecule has 92 valence electrons. The van der Waals surface area contributed by atoms with Crippen LogP contribution in [0.4, 0.5) is 0 Å². The van der Waals surface area contributed by atoms with E-state index in [4.69, 9.17) is 4.74 Å². The fraction of sp³-hybridized carbons (Fsp3) is 0.0714. The highest BCUT2D eigenvalue weighted by molar-refractivity contribution is 9.10. The molecule has 0 heterocycles. The molecule has 0 radical (unpaired) electrons. The second-order valence-corrected chi connectivity index (χ2v) is 5.32. The number of hydrogen-bond donors (Lipinski definition) is 0. The van der Waals surface area contributed by atoms with E-state index in [1.807, 2.05) is 30.5 Å². The Bertz CT molecular complexity index is 552. The lowest BCUT2D eigenvalue weighted by Gasteiger charge is -2.08. The molecule has 18 heavy (non-hydrogen) atoms. The summed E-state index contributed by atoms with van der Waals surface area (Å²) in [6, 6.07) is 13.1. The fourth-order valence-electron chi connectivity index (χ4n) is 1.44. The van der Waals surface area contributed by atoms with Gasteiger partial charge in [-0.25, -0.2) is 0 Å². The molecule has 0 aliphatic rings. The zero-order valence-electron chi connectivity index (χ0n) is 9.72. The van der Waals surface area contributed by atoms with Crippen molar-refractivity contribution in [2.45, 2.75) is 4.90 Å². The zero-order chi connectivity index (χ0) is 13.0. The third kappa shape index (κ3) is 3.15. The first-order chi connectivity index (χ1) is 8.72. The van der Waals surface area contributed by atoms with E-state index in [1.54, 1.807) is 30.0 Å². The number of hydrogen-bond acceptors (Lipinski definition) is 3. The van der Waals surface area contributed by atoms with Crippen molar-refractivity contribution >= 4 is 34.0 Å². The van der Waals surface area contributed by atoms with E-state index in [0.29, 0.717) is 11.3 Å². The number of ether oxygens (including phenoxy) is 1. The topological polar surface area (TPSA) is 26.3 Å². The van der Waals surface area contributed by atoms with Gasteiger partial charge in [-0.2, -0.15) is 0 Å². The first kappa shape index (κ1) is 13.2. The van der Waals surface area contributed by atoms with Crippen LogP contribution >= 0.6 is 27.7 Å². The largest absolute Gasteiger partial charge is 0.456 e. The molecule has 2 nitrogen and oxygen atoms in total. The quantitative estimate of drug-likeness (QED) is 0.598. The van der Waals surface area contributed by atoms with Crippen molar-refractivity contribution in [2.75, 3.05) is 6.26 Å². The van der Waals surface area contributed by atoms with Crippen LogP contribution in [0.15, 0.2) is 51.8 Å². The lowest BCUT2D eigenvalue weighted by molar-refractivity contribution is 0.112. The summed E-state index contributed by atoms with van der Waals surface area (Å²) >= 11 is 5.07. The van der Waals surface area contributed by atoms with Gasteiger partial charge in [0.2, 0.25) is 0 Å². The van der Waals surface area contributed by atoms with E-state index in [-0.39, 0.29) is 0 Å². The van der Waals surface area contributed by atoms with E-state index < -0.39 is 0 Å². The molecule has 0 saturated heterocycles.